The van der Waals surface area contributed by atoms with E-state index in [1.54, 1.807) is 0 Å². The molecule has 0 saturated carbocycles. The van der Waals surface area contributed by atoms with Gasteiger partial charge in [0.15, 0.2) is 17.5 Å². The zero-order valence-electron chi connectivity index (χ0n) is 31.0. The van der Waals surface area contributed by atoms with E-state index in [0.29, 0.717) is 17.5 Å². The summed E-state index contributed by atoms with van der Waals surface area (Å²) in [6.45, 7) is 0. The van der Waals surface area contributed by atoms with Crippen LogP contribution in [0.4, 0.5) is 17.1 Å². The van der Waals surface area contributed by atoms with Gasteiger partial charge in [-0.15, -0.1) is 0 Å². The number of hydrogen-bond acceptors (Lipinski definition) is 4. The molecule has 10 aromatic rings. The van der Waals surface area contributed by atoms with Crippen LogP contribution in [0.1, 0.15) is 11.1 Å². The average Bonchev–Trinajstić information content (AvgIpc) is 3.82. The number of para-hydroxylation sites is 3. The molecule has 0 aliphatic heterocycles. The van der Waals surface area contributed by atoms with Crippen molar-refractivity contribution < 1.29 is 0 Å². The average molecular weight is 730 g/mol. The van der Waals surface area contributed by atoms with Crippen LogP contribution in [0.5, 0.6) is 0 Å². The fourth-order valence-electron chi connectivity index (χ4n) is 8.35. The zero-order chi connectivity index (χ0) is 37.7. The lowest BCUT2D eigenvalue weighted by atomic mass is 10.0. The second-order valence-corrected chi connectivity index (χ2v) is 14.5. The number of aromatic nitrogens is 4. The van der Waals surface area contributed by atoms with Crippen LogP contribution in [0.15, 0.2) is 200 Å². The number of nitrogens with zero attached hydrogens (tertiary/aromatic N) is 5. The fourth-order valence-corrected chi connectivity index (χ4v) is 8.35. The number of anilines is 3. The summed E-state index contributed by atoms with van der Waals surface area (Å²) in [5, 5.41) is 2.43. The second-order valence-electron chi connectivity index (χ2n) is 14.5. The first kappa shape index (κ1) is 32.8. The van der Waals surface area contributed by atoms with Crippen molar-refractivity contribution in [3.05, 3.63) is 211 Å². The van der Waals surface area contributed by atoms with Crippen molar-refractivity contribution in [3.63, 3.8) is 0 Å². The van der Waals surface area contributed by atoms with E-state index in [0.717, 1.165) is 45.9 Å². The van der Waals surface area contributed by atoms with Crippen LogP contribution < -0.4 is 4.90 Å². The minimum Gasteiger partial charge on any atom is -0.310 e. The van der Waals surface area contributed by atoms with Gasteiger partial charge in [-0.05, 0) is 95.4 Å². The monoisotopic (exact) mass is 729 g/mol. The van der Waals surface area contributed by atoms with Crippen LogP contribution in [0.25, 0.3) is 72.8 Å². The molecular formula is C52H35N5. The van der Waals surface area contributed by atoms with Crippen LogP contribution in [-0.2, 0) is 6.42 Å². The van der Waals surface area contributed by atoms with Gasteiger partial charge in [0.05, 0.1) is 11.0 Å². The van der Waals surface area contributed by atoms with Gasteiger partial charge in [-0.2, -0.15) is 0 Å². The highest BCUT2D eigenvalue weighted by atomic mass is 15.1. The van der Waals surface area contributed by atoms with E-state index in [1.165, 1.54) is 44.1 Å². The Balaban J connectivity index is 1.03. The van der Waals surface area contributed by atoms with Crippen molar-refractivity contribution in [3.8, 4) is 51.0 Å². The first-order valence-electron chi connectivity index (χ1n) is 19.3. The molecule has 5 nitrogen and oxygen atoms in total. The van der Waals surface area contributed by atoms with E-state index in [4.69, 9.17) is 15.0 Å². The van der Waals surface area contributed by atoms with Gasteiger partial charge in [-0.1, -0.05) is 133 Å². The van der Waals surface area contributed by atoms with Crippen molar-refractivity contribution in [1.29, 1.82) is 0 Å². The summed E-state index contributed by atoms with van der Waals surface area (Å²) in [5.41, 5.74) is 14.8. The van der Waals surface area contributed by atoms with E-state index >= 15 is 0 Å². The van der Waals surface area contributed by atoms with Gasteiger partial charge in [0.1, 0.15) is 0 Å². The van der Waals surface area contributed by atoms with Gasteiger partial charge >= 0.3 is 0 Å². The highest BCUT2D eigenvalue weighted by molar-refractivity contribution is 6.10. The summed E-state index contributed by atoms with van der Waals surface area (Å²) < 4.78 is 2.41. The summed E-state index contributed by atoms with van der Waals surface area (Å²) in [6.07, 6.45) is 0.887. The fraction of sp³-hybridized carbons (Fsp3) is 0.0192. The van der Waals surface area contributed by atoms with E-state index in [2.05, 4.69) is 149 Å². The van der Waals surface area contributed by atoms with Gasteiger partial charge in [0.25, 0.3) is 0 Å². The third kappa shape index (κ3) is 5.76. The Hall–Kier alpha value is -7.63. The van der Waals surface area contributed by atoms with Crippen molar-refractivity contribution >= 4 is 38.9 Å². The van der Waals surface area contributed by atoms with E-state index in [-0.39, 0.29) is 0 Å². The summed E-state index contributed by atoms with van der Waals surface area (Å²) in [5.74, 6) is 1.98. The smallest absolute Gasteiger partial charge is 0.164 e. The molecule has 0 fully saturated rings. The topological polar surface area (TPSA) is 46.8 Å². The van der Waals surface area contributed by atoms with Crippen LogP contribution in [-0.4, -0.2) is 19.5 Å². The molecule has 0 amide bonds. The van der Waals surface area contributed by atoms with Gasteiger partial charge in [0, 0.05) is 50.2 Å². The van der Waals surface area contributed by atoms with E-state index in [1.807, 2.05) is 60.7 Å². The lowest BCUT2D eigenvalue weighted by Gasteiger charge is -2.25. The molecule has 0 atom stereocenters. The molecular weight excluding hydrogens is 695 g/mol. The van der Waals surface area contributed by atoms with Crippen LogP contribution >= 0.6 is 0 Å². The summed E-state index contributed by atoms with van der Waals surface area (Å²) in [6, 6.07) is 70.7. The molecule has 268 valence electrons. The first-order chi connectivity index (χ1) is 28.2. The Labute approximate surface area is 330 Å². The molecule has 11 rings (SSSR count). The Morgan fingerprint density at radius 3 is 1.51 bits per heavy atom. The van der Waals surface area contributed by atoms with E-state index < -0.39 is 0 Å². The van der Waals surface area contributed by atoms with Crippen LogP contribution in [0.3, 0.4) is 0 Å². The molecule has 0 unspecified atom stereocenters. The van der Waals surface area contributed by atoms with Gasteiger partial charge in [0.2, 0.25) is 0 Å². The van der Waals surface area contributed by atoms with Crippen molar-refractivity contribution in [1.82, 2.24) is 19.5 Å². The molecule has 0 spiro atoms. The molecule has 0 N–H and O–H groups in total. The summed E-state index contributed by atoms with van der Waals surface area (Å²) in [4.78, 5) is 17.3. The normalized spacial score (nSPS) is 11.8. The highest BCUT2D eigenvalue weighted by Crippen LogP contribution is 2.43. The second kappa shape index (κ2) is 13.6. The maximum Gasteiger partial charge on any atom is 0.164 e. The van der Waals surface area contributed by atoms with Crippen LogP contribution in [0, 0.1) is 0 Å². The Morgan fingerprint density at radius 1 is 0.368 bits per heavy atom. The first-order valence-corrected chi connectivity index (χ1v) is 19.3. The molecule has 0 saturated heterocycles. The molecule has 2 heterocycles. The molecule has 0 radical (unpaired) electrons. The molecule has 1 aliphatic rings. The number of hydrogen-bond donors (Lipinski definition) is 0. The third-order valence-electron chi connectivity index (χ3n) is 11.0. The molecule has 57 heavy (non-hydrogen) atoms. The Bertz CT molecular complexity index is 2990. The molecule has 2 aromatic heterocycles. The number of rotatable bonds is 7. The van der Waals surface area contributed by atoms with Gasteiger partial charge in [-0.3, -0.25) is 0 Å². The summed E-state index contributed by atoms with van der Waals surface area (Å²) in [7, 11) is 0. The van der Waals surface area contributed by atoms with Crippen molar-refractivity contribution in [2.45, 2.75) is 6.42 Å². The van der Waals surface area contributed by atoms with Gasteiger partial charge < -0.3 is 9.47 Å². The SMILES string of the molecule is c1ccc(-c2nc(-c3ccccc3)nc(-c3ccc4c(c3)-c3cc(-n5c6ccccc6c6cc(N(c7ccccc7)c7ccccc7)ccc65)ccc3C4)n2)cc1. The minimum absolute atomic E-state index is 0.660. The molecule has 1 aliphatic carbocycles. The zero-order valence-corrected chi connectivity index (χ0v) is 31.0. The predicted molar refractivity (Wildman–Crippen MR) is 233 cm³/mol. The third-order valence-corrected chi connectivity index (χ3v) is 11.0. The van der Waals surface area contributed by atoms with Crippen LogP contribution in [0.2, 0.25) is 0 Å². The Morgan fingerprint density at radius 2 is 0.877 bits per heavy atom. The predicted octanol–water partition coefficient (Wildman–Crippen LogP) is 13.0. The maximum atomic E-state index is 5.04. The maximum absolute atomic E-state index is 5.04. The quantitative estimate of drug-likeness (QED) is 0.164. The molecule has 5 heteroatoms. The Kier molecular flexibility index (Phi) is 7.81. The largest absolute Gasteiger partial charge is 0.310 e. The van der Waals surface area contributed by atoms with Gasteiger partial charge in [-0.25, -0.2) is 15.0 Å². The standard InChI is InChI=1S/C52H35N5/c1-5-15-35(16-6-1)50-53-51(36-17-7-2-8-18-36)55-52(54-50)39-26-25-37-31-38-27-28-43(33-46(38)45(37)32-39)57-48-24-14-13-23-44(48)47-34-42(29-30-49(47)57)56(40-19-9-3-10-20-40)41-21-11-4-12-22-41/h1-30,32-34H,31H2. The number of benzene rings is 8. The molecule has 8 aromatic carbocycles. The molecule has 0 bridgehead atoms. The number of fused-ring (bicyclic) bond motifs is 6. The minimum atomic E-state index is 0.660. The van der Waals surface area contributed by atoms with Crippen molar-refractivity contribution in [2.75, 3.05) is 4.90 Å². The lowest BCUT2D eigenvalue weighted by Crippen LogP contribution is -2.09. The van der Waals surface area contributed by atoms with Crippen molar-refractivity contribution in [2.24, 2.45) is 0 Å². The highest BCUT2D eigenvalue weighted by Gasteiger charge is 2.23. The lowest BCUT2D eigenvalue weighted by molar-refractivity contribution is 1.07. The summed E-state index contributed by atoms with van der Waals surface area (Å²) >= 11 is 0. The van der Waals surface area contributed by atoms with E-state index in [9.17, 15) is 0 Å².